The predicted molar refractivity (Wildman–Crippen MR) is 96.3 cm³/mol. The number of H-pyrrole nitrogens is 2. The first-order valence-electron chi connectivity index (χ1n) is 8.41. The maximum Gasteiger partial charge on any atom is 0.323 e. The quantitative estimate of drug-likeness (QED) is 0.706. The Morgan fingerprint density at radius 2 is 1.73 bits per heavy atom. The third-order valence-electron chi connectivity index (χ3n) is 5.12. The van der Waals surface area contributed by atoms with E-state index in [1.54, 1.807) is 6.07 Å². The summed E-state index contributed by atoms with van der Waals surface area (Å²) in [7, 11) is -6.62. The lowest BCUT2D eigenvalue weighted by molar-refractivity contribution is 0.148. The average molecular weight is 400 g/mol. The molecule has 1 atom stereocenters. The minimum absolute atomic E-state index is 0.00821. The second-order valence-electron chi connectivity index (χ2n) is 6.78. The van der Waals surface area contributed by atoms with Crippen molar-refractivity contribution in [2.45, 2.75) is 17.4 Å². The Morgan fingerprint density at radius 1 is 1.04 bits per heavy atom. The molecule has 0 bridgehead atoms. The van der Waals surface area contributed by atoms with E-state index in [9.17, 15) is 21.6 Å². The summed E-state index contributed by atoms with van der Waals surface area (Å²) in [6.07, 6.45) is 0.618. The highest BCUT2D eigenvalue weighted by Crippen LogP contribution is 2.23. The van der Waals surface area contributed by atoms with Gasteiger partial charge in [-0.2, -0.15) is 4.31 Å². The van der Waals surface area contributed by atoms with Gasteiger partial charge in [0.1, 0.15) is 0 Å². The monoisotopic (exact) mass is 400 g/mol. The number of imidazole rings is 1. The molecule has 2 N–H and O–H groups in total. The molecule has 2 aliphatic heterocycles. The van der Waals surface area contributed by atoms with Gasteiger partial charge in [0.05, 0.1) is 27.4 Å². The smallest absolute Gasteiger partial charge is 0.306 e. The number of sulfone groups is 1. The first kappa shape index (κ1) is 17.7. The van der Waals surface area contributed by atoms with E-state index in [0.29, 0.717) is 43.6 Å². The molecule has 4 rings (SSSR count). The lowest BCUT2D eigenvalue weighted by Gasteiger charge is -2.36. The Bertz CT molecular complexity index is 1090. The highest BCUT2D eigenvalue weighted by molar-refractivity contribution is 7.91. The van der Waals surface area contributed by atoms with E-state index < -0.39 is 19.9 Å². The zero-order chi connectivity index (χ0) is 18.5. The Hall–Kier alpha value is -1.69. The van der Waals surface area contributed by atoms with E-state index >= 15 is 0 Å². The maximum atomic E-state index is 12.9. The Balaban J connectivity index is 1.49. The number of nitrogens with one attached hydrogen (secondary N) is 2. The summed E-state index contributed by atoms with van der Waals surface area (Å²) in [5, 5.41) is 0. The van der Waals surface area contributed by atoms with Crippen molar-refractivity contribution < 1.29 is 16.8 Å². The van der Waals surface area contributed by atoms with Gasteiger partial charge in [0, 0.05) is 32.2 Å². The minimum atomic E-state index is -3.66. The van der Waals surface area contributed by atoms with E-state index in [-0.39, 0.29) is 28.1 Å². The molecule has 0 aliphatic carbocycles. The number of sulfonamides is 1. The lowest BCUT2D eigenvalue weighted by atomic mass is 10.2. The van der Waals surface area contributed by atoms with Gasteiger partial charge >= 0.3 is 5.69 Å². The zero-order valence-electron chi connectivity index (χ0n) is 14.0. The molecule has 2 aliphatic rings. The number of piperazine rings is 1. The van der Waals surface area contributed by atoms with Gasteiger partial charge in [0.15, 0.2) is 9.84 Å². The van der Waals surface area contributed by atoms with Crippen LogP contribution in [0.5, 0.6) is 0 Å². The molecule has 11 heteroatoms. The molecule has 0 saturated carbocycles. The third-order valence-corrected chi connectivity index (χ3v) is 8.77. The lowest BCUT2D eigenvalue weighted by Crippen LogP contribution is -2.52. The van der Waals surface area contributed by atoms with Crippen LogP contribution in [0.3, 0.4) is 0 Å². The Labute approximate surface area is 151 Å². The van der Waals surface area contributed by atoms with Crippen molar-refractivity contribution in [1.82, 2.24) is 19.2 Å². The van der Waals surface area contributed by atoms with Crippen molar-refractivity contribution >= 4 is 30.9 Å². The molecule has 0 spiro atoms. The summed E-state index contributed by atoms with van der Waals surface area (Å²) in [5.41, 5.74) is 0.627. The second kappa shape index (κ2) is 6.19. The van der Waals surface area contributed by atoms with E-state index in [2.05, 4.69) is 14.9 Å². The van der Waals surface area contributed by atoms with Crippen molar-refractivity contribution in [2.75, 3.05) is 37.7 Å². The molecule has 26 heavy (non-hydrogen) atoms. The summed E-state index contributed by atoms with van der Waals surface area (Å²) < 4.78 is 50.5. The molecular weight excluding hydrogens is 380 g/mol. The van der Waals surface area contributed by atoms with Gasteiger partial charge in [-0.1, -0.05) is 0 Å². The molecule has 1 aromatic heterocycles. The molecule has 2 fully saturated rings. The highest BCUT2D eigenvalue weighted by atomic mass is 32.2. The van der Waals surface area contributed by atoms with Gasteiger partial charge in [0.2, 0.25) is 10.0 Å². The van der Waals surface area contributed by atoms with Crippen LogP contribution in [0.2, 0.25) is 0 Å². The summed E-state index contributed by atoms with van der Waals surface area (Å²) in [6.45, 7) is 1.67. The van der Waals surface area contributed by atoms with Crippen LogP contribution in [-0.2, 0) is 19.9 Å². The van der Waals surface area contributed by atoms with Crippen molar-refractivity contribution in [3.05, 3.63) is 28.7 Å². The Kier molecular flexibility index (Phi) is 4.21. The normalized spacial score (nSPS) is 25.0. The zero-order valence-corrected chi connectivity index (χ0v) is 15.6. The van der Waals surface area contributed by atoms with Gasteiger partial charge in [0.25, 0.3) is 0 Å². The summed E-state index contributed by atoms with van der Waals surface area (Å²) in [4.78, 5) is 18.7. The van der Waals surface area contributed by atoms with E-state index in [0.717, 1.165) is 0 Å². The fourth-order valence-corrected chi connectivity index (χ4v) is 6.90. The fourth-order valence-electron chi connectivity index (χ4n) is 3.69. The Morgan fingerprint density at radius 3 is 2.38 bits per heavy atom. The number of nitrogens with zero attached hydrogens (tertiary/aromatic N) is 2. The van der Waals surface area contributed by atoms with Crippen LogP contribution in [0.4, 0.5) is 0 Å². The maximum absolute atomic E-state index is 12.9. The molecule has 0 unspecified atom stereocenters. The number of hydrogen-bond donors (Lipinski definition) is 2. The number of hydrogen-bond acceptors (Lipinski definition) is 6. The van der Waals surface area contributed by atoms with E-state index in [1.165, 1.54) is 16.4 Å². The molecule has 2 saturated heterocycles. The molecule has 2 aromatic rings. The van der Waals surface area contributed by atoms with Gasteiger partial charge < -0.3 is 9.97 Å². The molecule has 0 amide bonds. The van der Waals surface area contributed by atoms with Crippen molar-refractivity contribution in [3.63, 3.8) is 0 Å². The molecule has 142 valence electrons. The average Bonchev–Trinajstić information content (AvgIpc) is 3.15. The van der Waals surface area contributed by atoms with Crippen molar-refractivity contribution in [3.8, 4) is 0 Å². The summed E-state index contributed by atoms with van der Waals surface area (Å²) in [5.74, 6) is 0.377. The number of aromatic amines is 2. The fraction of sp³-hybridized carbons (Fsp3) is 0.533. The number of benzene rings is 1. The van der Waals surface area contributed by atoms with Crippen LogP contribution in [0, 0.1) is 0 Å². The van der Waals surface area contributed by atoms with E-state index in [1.807, 2.05) is 0 Å². The first-order valence-corrected chi connectivity index (χ1v) is 11.7. The van der Waals surface area contributed by atoms with Crippen LogP contribution in [-0.4, -0.2) is 79.7 Å². The van der Waals surface area contributed by atoms with Crippen molar-refractivity contribution in [2.24, 2.45) is 0 Å². The van der Waals surface area contributed by atoms with Crippen LogP contribution >= 0.6 is 0 Å². The topological polar surface area (TPSA) is 123 Å². The standard InChI is InChI=1S/C15H20N4O5S2/c20-15-16-13-2-1-12(9-14(13)17-15)26(23,24)19-6-4-18(5-7-19)11-3-8-25(21,22)10-11/h1-2,9,11H,3-8,10H2,(H2,16,17,20)/t11-/m1/s1. The van der Waals surface area contributed by atoms with Gasteiger partial charge in [-0.05, 0) is 24.6 Å². The van der Waals surface area contributed by atoms with Crippen LogP contribution in [0.25, 0.3) is 11.0 Å². The van der Waals surface area contributed by atoms with Gasteiger partial charge in [-0.25, -0.2) is 21.6 Å². The predicted octanol–water partition coefficient (Wildman–Crippen LogP) is -0.650. The number of rotatable bonds is 3. The second-order valence-corrected chi connectivity index (χ2v) is 11.0. The molecule has 9 nitrogen and oxygen atoms in total. The van der Waals surface area contributed by atoms with Crippen LogP contribution in [0.15, 0.2) is 27.9 Å². The minimum Gasteiger partial charge on any atom is -0.306 e. The summed E-state index contributed by atoms with van der Waals surface area (Å²) in [6, 6.07) is 4.50. The molecule has 0 radical (unpaired) electrons. The molecule has 3 heterocycles. The largest absolute Gasteiger partial charge is 0.323 e. The van der Waals surface area contributed by atoms with Crippen LogP contribution in [0.1, 0.15) is 6.42 Å². The van der Waals surface area contributed by atoms with Crippen LogP contribution < -0.4 is 5.69 Å². The number of fused-ring (bicyclic) bond motifs is 1. The van der Waals surface area contributed by atoms with Gasteiger partial charge in [-0.3, -0.25) is 4.90 Å². The SMILES string of the molecule is O=c1[nH]c2ccc(S(=O)(=O)N3CCN([C@@H]4CCS(=O)(=O)C4)CC3)cc2[nH]1. The molecule has 1 aromatic carbocycles. The number of aromatic nitrogens is 2. The molecular formula is C15H20N4O5S2. The summed E-state index contributed by atoms with van der Waals surface area (Å²) >= 11 is 0. The highest BCUT2D eigenvalue weighted by Gasteiger charge is 2.36. The van der Waals surface area contributed by atoms with Gasteiger partial charge in [-0.15, -0.1) is 0 Å². The van der Waals surface area contributed by atoms with Crippen molar-refractivity contribution in [1.29, 1.82) is 0 Å². The third kappa shape index (κ3) is 3.20. The van der Waals surface area contributed by atoms with E-state index in [4.69, 9.17) is 0 Å². The first-order chi connectivity index (χ1) is 12.2.